The molecule has 0 amide bonds. The predicted molar refractivity (Wildman–Crippen MR) is 67.4 cm³/mol. The van der Waals surface area contributed by atoms with Crippen LogP contribution in [0.25, 0.3) is 0 Å². The van der Waals surface area contributed by atoms with E-state index in [1.807, 2.05) is 31.2 Å². The van der Waals surface area contributed by atoms with Gasteiger partial charge in [-0.25, -0.2) is 0 Å². The highest BCUT2D eigenvalue weighted by molar-refractivity contribution is 9.11. The van der Waals surface area contributed by atoms with E-state index in [2.05, 4.69) is 37.0 Å². The summed E-state index contributed by atoms with van der Waals surface area (Å²) < 4.78 is 12.5. The monoisotopic (exact) mass is 345 g/mol. The summed E-state index contributed by atoms with van der Waals surface area (Å²) in [5.74, 6) is 1.57. The second-order valence-electron chi connectivity index (χ2n) is 3.29. The average Bonchev–Trinajstić information content (AvgIpc) is 2.63. The Morgan fingerprint density at radius 1 is 1.31 bits per heavy atom. The van der Waals surface area contributed by atoms with Gasteiger partial charge in [-0.2, -0.15) is 0 Å². The molecule has 1 heterocycles. The fraction of sp³-hybridized carbons (Fsp3) is 0.182. The lowest BCUT2D eigenvalue weighted by Crippen LogP contribution is -1.95. The summed E-state index contributed by atoms with van der Waals surface area (Å²) in [4.78, 5) is 0. The largest absolute Gasteiger partial charge is 0.486 e. The number of ether oxygens (including phenoxy) is 1. The van der Waals surface area contributed by atoms with Crippen LogP contribution in [0, 0.1) is 6.92 Å². The molecule has 1 aromatic heterocycles. The van der Waals surface area contributed by atoms with Gasteiger partial charge in [-0.15, -0.1) is 0 Å². The Labute approximate surface area is 110 Å². The topological polar surface area (TPSA) is 35.3 Å². The summed E-state index contributed by atoms with van der Waals surface area (Å²) >= 11 is 6.81. The lowest BCUT2D eigenvalue weighted by molar-refractivity contribution is 0.286. The first kappa shape index (κ1) is 11.7. The zero-order valence-corrected chi connectivity index (χ0v) is 11.7. The molecule has 0 aliphatic carbocycles. The minimum atomic E-state index is 0.400. The van der Waals surface area contributed by atoms with Crippen molar-refractivity contribution in [3.8, 4) is 5.75 Å². The van der Waals surface area contributed by atoms with Crippen molar-refractivity contribution in [2.45, 2.75) is 13.5 Å². The maximum absolute atomic E-state index is 5.60. The van der Waals surface area contributed by atoms with E-state index in [1.54, 1.807) is 0 Å². The Bertz CT molecular complexity index is 496. The van der Waals surface area contributed by atoms with E-state index in [4.69, 9.17) is 9.26 Å². The van der Waals surface area contributed by atoms with E-state index >= 15 is 0 Å². The third-order valence-electron chi connectivity index (χ3n) is 1.95. The SMILES string of the molecule is Cc1cc(COc2ccc(Br)cc2Br)no1. The van der Waals surface area contributed by atoms with E-state index in [0.29, 0.717) is 6.61 Å². The zero-order chi connectivity index (χ0) is 11.5. The van der Waals surface area contributed by atoms with Crippen LogP contribution in [0.4, 0.5) is 0 Å². The molecule has 0 fully saturated rings. The van der Waals surface area contributed by atoms with Gasteiger partial charge < -0.3 is 9.26 Å². The van der Waals surface area contributed by atoms with Crippen molar-refractivity contribution in [1.29, 1.82) is 0 Å². The minimum absolute atomic E-state index is 0.400. The van der Waals surface area contributed by atoms with Gasteiger partial charge in [-0.3, -0.25) is 0 Å². The first-order chi connectivity index (χ1) is 7.65. The molecule has 0 saturated carbocycles. The maximum atomic E-state index is 5.60. The lowest BCUT2D eigenvalue weighted by atomic mass is 10.3. The number of aromatic nitrogens is 1. The molecule has 2 aromatic rings. The number of benzene rings is 1. The number of halogens is 2. The molecule has 0 bridgehead atoms. The summed E-state index contributed by atoms with van der Waals surface area (Å²) in [5, 5.41) is 3.85. The molecule has 0 atom stereocenters. The maximum Gasteiger partial charge on any atom is 0.134 e. The van der Waals surface area contributed by atoms with Gasteiger partial charge in [0.15, 0.2) is 0 Å². The van der Waals surface area contributed by atoms with Crippen LogP contribution in [0.3, 0.4) is 0 Å². The molecule has 0 N–H and O–H groups in total. The number of aryl methyl sites for hydroxylation is 1. The number of nitrogens with zero attached hydrogens (tertiary/aromatic N) is 1. The van der Waals surface area contributed by atoms with Gasteiger partial charge in [-0.05, 0) is 41.1 Å². The standard InChI is InChI=1S/C11H9Br2NO2/c1-7-4-9(14-16-7)6-15-11-3-2-8(12)5-10(11)13/h2-5H,6H2,1H3. The Balaban J connectivity index is 2.04. The number of hydrogen-bond acceptors (Lipinski definition) is 3. The molecular formula is C11H9Br2NO2. The van der Waals surface area contributed by atoms with Crippen LogP contribution in [0.2, 0.25) is 0 Å². The van der Waals surface area contributed by atoms with Crippen molar-refractivity contribution in [3.05, 3.63) is 44.7 Å². The molecule has 5 heteroatoms. The van der Waals surface area contributed by atoms with E-state index < -0.39 is 0 Å². The molecule has 0 spiro atoms. The molecule has 2 rings (SSSR count). The van der Waals surface area contributed by atoms with Crippen LogP contribution in [0.5, 0.6) is 5.75 Å². The van der Waals surface area contributed by atoms with Crippen molar-refractivity contribution in [3.63, 3.8) is 0 Å². The van der Waals surface area contributed by atoms with Crippen molar-refractivity contribution >= 4 is 31.9 Å². The van der Waals surface area contributed by atoms with Gasteiger partial charge in [-0.1, -0.05) is 21.1 Å². The molecule has 1 aromatic carbocycles. The molecule has 0 aliphatic heterocycles. The van der Waals surface area contributed by atoms with Gasteiger partial charge in [0.2, 0.25) is 0 Å². The first-order valence-electron chi connectivity index (χ1n) is 4.65. The Kier molecular flexibility index (Phi) is 3.66. The quantitative estimate of drug-likeness (QED) is 0.839. The van der Waals surface area contributed by atoms with E-state index in [9.17, 15) is 0 Å². The highest BCUT2D eigenvalue weighted by Crippen LogP contribution is 2.28. The van der Waals surface area contributed by atoms with Crippen LogP contribution in [-0.4, -0.2) is 5.16 Å². The second kappa shape index (κ2) is 5.01. The van der Waals surface area contributed by atoms with Gasteiger partial charge in [0.1, 0.15) is 23.8 Å². The molecule has 16 heavy (non-hydrogen) atoms. The van der Waals surface area contributed by atoms with Crippen LogP contribution in [0.15, 0.2) is 37.7 Å². The Morgan fingerprint density at radius 3 is 2.75 bits per heavy atom. The Morgan fingerprint density at radius 2 is 2.12 bits per heavy atom. The lowest BCUT2D eigenvalue weighted by Gasteiger charge is -2.06. The normalized spacial score (nSPS) is 10.4. The van der Waals surface area contributed by atoms with Gasteiger partial charge in [0.25, 0.3) is 0 Å². The summed E-state index contributed by atoms with van der Waals surface area (Å²) in [6, 6.07) is 7.60. The van der Waals surface area contributed by atoms with Crippen molar-refractivity contribution < 1.29 is 9.26 Å². The molecule has 84 valence electrons. The summed E-state index contributed by atoms with van der Waals surface area (Å²) in [5.41, 5.74) is 0.785. The fourth-order valence-electron chi connectivity index (χ4n) is 1.23. The molecule has 3 nitrogen and oxygen atoms in total. The Hall–Kier alpha value is -0.810. The van der Waals surface area contributed by atoms with Crippen molar-refractivity contribution in [2.24, 2.45) is 0 Å². The molecule has 0 saturated heterocycles. The van der Waals surface area contributed by atoms with Gasteiger partial charge in [0, 0.05) is 10.5 Å². The van der Waals surface area contributed by atoms with Crippen molar-refractivity contribution in [1.82, 2.24) is 5.16 Å². The van der Waals surface area contributed by atoms with E-state index in [-0.39, 0.29) is 0 Å². The molecular weight excluding hydrogens is 338 g/mol. The van der Waals surface area contributed by atoms with Crippen LogP contribution in [0.1, 0.15) is 11.5 Å². The highest BCUT2D eigenvalue weighted by Gasteiger charge is 2.04. The average molecular weight is 347 g/mol. The highest BCUT2D eigenvalue weighted by atomic mass is 79.9. The zero-order valence-electron chi connectivity index (χ0n) is 8.54. The smallest absolute Gasteiger partial charge is 0.134 e. The summed E-state index contributed by atoms with van der Waals surface area (Å²) in [6.07, 6.45) is 0. The minimum Gasteiger partial charge on any atom is -0.486 e. The third kappa shape index (κ3) is 2.86. The number of hydrogen-bond donors (Lipinski definition) is 0. The summed E-state index contributed by atoms with van der Waals surface area (Å²) in [6.45, 7) is 2.25. The summed E-state index contributed by atoms with van der Waals surface area (Å²) in [7, 11) is 0. The van der Waals surface area contributed by atoms with E-state index in [0.717, 1.165) is 26.1 Å². The van der Waals surface area contributed by atoms with E-state index in [1.165, 1.54) is 0 Å². The third-order valence-corrected chi connectivity index (χ3v) is 3.06. The van der Waals surface area contributed by atoms with Crippen LogP contribution in [-0.2, 0) is 6.61 Å². The van der Waals surface area contributed by atoms with Gasteiger partial charge in [0.05, 0.1) is 4.47 Å². The number of rotatable bonds is 3. The molecule has 0 radical (unpaired) electrons. The van der Waals surface area contributed by atoms with Gasteiger partial charge >= 0.3 is 0 Å². The molecule has 0 aliphatic rings. The van der Waals surface area contributed by atoms with Crippen LogP contribution >= 0.6 is 31.9 Å². The van der Waals surface area contributed by atoms with Crippen LogP contribution < -0.4 is 4.74 Å². The second-order valence-corrected chi connectivity index (χ2v) is 5.06. The first-order valence-corrected chi connectivity index (χ1v) is 6.24. The predicted octanol–water partition coefficient (Wildman–Crippen LogP) is 4.09. The fourth-order valence-corrected chi connectivity index (χ4v) is 2.39. The van der Waals surface area contributed by atoms with Crippen molar-refractivity contribution in [2.75, 3.05) is 0 Å². The molecule has 0 unspecified atom stereocenters.